The second-order valence-electron chi connectivity index (χ2n) is 3.69. The first-order valence-corrected chi connectivity index (χ1v) is 6.40. The molecule has 0 aromatic rings. The van der Waals surface area contributed by atoms with E-state index in [-0.39, 0.29) is 5.92 Å². The summed E-state index contributed by atoms with van der Waals surface area (Å²) in [6.07, 6.45) is 4.93. The highest BCUT2D eigenvalue weighted by Crippen LogP contribution is 2.25. The van der Waals surface area contributed by atoms with E-state index in [1.807, 2.05) is 13.8 Å². The predicted octanol–water partition coefficient (Wildman–Crippen LogP) is 4.34. The molecule has 92 valence electrons. The fraction of sp³-hybridized carbons (Fsp3) is 0.923. The summed E-state index contributed by atoms with van der Waals surface area (Å²) in [4.78, 5) is 11.0. The zero-order chi connectivity index (χ0) is 12.3. The van der Waals surface area contributed by atoms with Crippen molar-refractivity contribution in [3.8, 4) is 0 Å². The van der Waals surface area contributed by atoms with E-state index in [4.69, 9.17) is 5.11 Å². The van der Waals surface area contributed by atoms with Crippen LogP contribution in [-0.4, -0.2) is 11.1 Å². The van der Waals surface area contributed by atoms with Crippen LogP contribution in [0, 0.1) is 11.8 Å². The van der Waals surface area contributed by atoms with Gasteiger partial charge >= 0.3 is 5.97 Å². The minimum Gasteiger partial charge on any atom is -0.481 e. The third-order valence-corrected chi connectivity index (χ3v) is 2.67. The first kappa shape index (κ1) is 16.9. The molecule has 0 rings (SSSR count). The maximum Gasteiger partial charge on any atom is 0.306 e. The summed E-state index contributed by atoms with van der Waals surface area (Å²) in [5.41, 5.74) is 0. The zero-order valence-corrected chi connectivity index (χ0v) is 11.0. The van der Waals surface area contributed by atoms with E-state index in [1.165, 1.54) is 0 Å². The quantitative estimate of drug-likeness (QED) is 0.687. The summed E-state index contributed by atoms with van der Waals surface area (Å²) in [7, 11) is 0. The molecule has 0 radical (unpaired) electrons. The summed E-state index contributed by atoms with van der Waals surface area (Å²) < 4.78 is 0. The molecule has 0 saturated carbocycles. The van der Waals surface area contributed by atoms with Gasteiger partial charge in [0.2, 0.25) is 0 Å². The molecule has 0 aromatic heterocycles. The summed E-state index contributed by atoms with van der Waals surface area (Å²) in [6, 6.07) is 0. The number of aliphatic carboxylic acids is 1. The van der Waals surface area contributed by atoms with Crippen LogP contribution >= 0.6 is 0 Å². The van der Waals surface area contributed by atoms with Crippen molar-refractivity contribution in [3.63, 3.8) is 0 Å². The van der Waals surface area contributed by atoms with Gasteiger partial charge in [-0.25, -0.2) is 0 Å². The molecule has 2 atom stereocenters. The van der Waals surface area contributed by atoms with E-state index in [1.54, 1.807) is 0 Å². The van der Waals surface area contributed by atoms with E-state index in [0.717, 1.165) is 32.1 Å². The lowest BCUT2D eigenvalue weighted by Gasteiger charge is -2.21. The van der Waals surface area contributed by atoms with Gasteiger partial charge in [-0.15, -0.1) is 0 Å². The lowest BCUT2D eigenvalue weighted by molar-refractivity contribution is -0.144. The van der Waals surface area contributed by atoms with Crippen LogP contribution in [0.15, 0.2) is 0 Å². The van der Waals surface area contributed by atoms with Crippen molar-refractivity contribution in [3.05, 3.63) is 0 Å². The van der Waals surface area contributed by atoms with Gasteiger partial charge in [0, 0.05) is 0 Å². The zero-order valence-electron chi connectivity index (χ0n) is 11.0. The van der Waals surface area contributed by atoms with Crippen LogP contribution in [0.1, 0.15) is 66.7 Å². The average Bonchev–Trinajstić information content (AvgIpc) is 2.25. The van der Waals surface area contributed by atoms with Crippen molar-refractivity contribution in [2.75, 3.05) is 0 Å². The van der Waals surface area contributed by atoms with E-state index >= 15 is 0 Å². The van der Waals surface area contributed by atoms with Gasteiger partial charge in [0.25, 0.3) is 0 Å². The second kappa shape index (κ2) is 11.5. The first-order valence-electron chi connectivity index (χ1n) is 6.40. The molecule has 0 saturated heterocycles. The monoisotopic (exact) mass is 216 g/mol. The second-order valence-corrected chi connectivity index (χ2v) is 3.69. The topological polar surface area (TPSA) is 37.3 Å². The highest BCUT2D eigenvalue weighted by Gasteiger charge is 2.24. The number of carbonyl (C=O) groups is 1. The Labute approximate surface area is 95.1 Å². The molecule has 0 aromatic carbocycles. The van der Waals surface area contributed by atoms with Crippen LogP contribution in [0.25, 0.3) is 0 Å². The van der Waals surface area contributed by atoms with Crippen LogP contribution in [0.4, 0.5) is 0 Å². The lowest BCUT2D eigenvalue weighted by Crippen LogP contribution is -2.23. The molecule has 0 amide bonds. The maximum absolute atomic E-state index is 11.0. The van der Waals surface area contributed by atoms with E-state index in [2.05, 4.69) is 20.8 Å². The smallest absolute Gasteiger partial charge is 0.306 e. The van der Waals surface area contributed by atoms with Crippen molar-refractivity contribution in [2.24, 2.45) is 11.8 Å². The molecule has 2 unspecified atom stereocenters. The Bertz CT molecular complexity index is 143. The van der Waals surface area contributed by atoms with Gasteiger partial charge in [-0.1, -0.05) is 53.9 Å². The first-order chi connectivity index (χ1) is 7.17. The van der Waals surface area contributed by atoms with Crippen molar-refractivity contribution in [1.29, 1.82) is 0 Å². The van der Waals surface area contributed by atoms with E-state index < -0.39 is 5.97 Å². The molecule has 0 bridgehead atoms. The standard InChI is InChI=1S/C11H22O2.C2H6/c1-4-7-9(6-3)10(8-5-2)11(12)13;1-2/h9-10H,4-8H2,1-3H3,(H,12,13);1-2H3. The van der Waals surface area contributed by atoms with Crippen molar-refractivity contribution >= 4 is 5.97 Å². The summed E-state index contributed by atoms with van der Waals surface area (Å²) in [6.45, 7) is 10.3. The van der Waals surface area contributed by atoms with Gasteiger partial charge in [0.15, 0.2) is 0 Å². The Kier molecular flexibility index (Phi) is 13.0. The van der Waals surface area contributed by atoms with Gasteiger partial charge in [-0.2, -0.15) is 0 Å². The summed E-state index contributed by atoms with van der Waals surface area (Å²) in [5, 5.41) is 9.03. The van der Waals surface area contributed by atoms with Crippen LogP contribution in [0.3, 0.4) is 0 Å². The average molecular weight is 216 g/mol. The Morgan fingerprint density at radius 1 is 1.07 bits per heavy atom. The summed E-state index contributed by atoms with van der Waals surface area (Å²) >= 11 is 0. The molecule has 0 fully saturated rings. The van der Waals surface area contributed by atoms with Gasteiger partial charge in [0.1, 0.15) is 0 Å². The Hall–Kier alpha value is -0.530. The molecule has 2 heteroatoms. The number of carboxylic acid groups (broad SMARTS) is 1. The minimum atomic E-state index is -0.609. The molecule has 0 heterocycles. The number of hydrogen-bond donors (Lipinski definition) is 1. The highest BCUT2D eigenvalue weighted by atomic mass is 16.4. The SMILES string of the molecule is CC.CCCC(CC)C(CCC)C(=O)O. The molecular formula is C13H28O2. The largest absolute Gasteiger partial charge is 0.481 e. The van der Waals surface area contributed by atoms with Crippen LogP contribution in [-0.2, 0) is 4.79 Å². The Morgan fingerprint density at radius 2 is 1.53 bits per heavy atom. The normalized spacial score (nSPS) is 13.7. The van der Waals surface area contributed by atoms with Crippen LogP contribution in [0.5, 0.6) is 0 Å². The van der Waals surface area contributed by atoms with Gasteiger partial charge in [-0.3, -0.25) is 4.79 Å². The Morgan fingerprint density at radius 3 is 1.80 bits per heavy atom. The molecule has 0 aliphatic carbocycles. The van der Waals surface area contributed by atoms with E-state index in [0.29, 0.717) is 5.92 Å². The predicted molar refractivity (Wildman–Crippen MR) is 66.1 cm³/mol. The molecule has 1 N–H and O–H groups in total. The number of rotatable bonds is 7. The molecule has 2 nitrogen and oxygen atoms in total. The van der Waals surface area contributed by atoms with Crippen molar-refractivity contribution in [1.82, 2.24) is 0 Å². The van der Waals surface area contributed by atoms with E-state index in [9.17, 15) is 4.79 Å². The number of carboxylic acids is 1. The molecule has 0 aliphatic heterocycles. The fourth-order valence-electron chi connectivity index (χ4n) is 1.93. The third kappa shape index (κ3) is 7.40. The highest BCUT2D eigenvalue weighted by molar-refractivity contribution is 5.70. The maximum atomic E-state index is 11.0. The van der Waals surface area contributed by atoms with Crippen molar-refractivity contribution in [2.45, 2.75) is 66.7 Å². The minimum absolute atomic E-state index is 0.116. The third-order valence-electron chi connectivity index (χ3n) is 2.67. The van der Waals surface area contributed by atoms with Crippen LogP contribution in [0.2, 0.25) is 0 Å². The lowest BCUT2D eigenvalue weighted by atomic mass is 9.84. The van der Waals surface area contributed by atoms with Crippen LogP contribution < -0.4 is 0 Å². The van der Waals surface area contributed by atoms with Gasteiger partial charge in [0.05, 0.1) is 5.92 Å². The molecule has 15 heavy (non-hydrogen) atoms. The molecular weight excluding hydrogens is 188 g/mol. The van der Waals surface area contributed by atoms with Gasteiger partial charge in [-0.05, 0) is 18.8 Å². The van der Waals surface area contributed by atoms with Crippen molar-refractivity contribution < 1.29 is 9.90 Å². The molecule has 0 aliphatic rings. The molecule has 0 spiro atoms. The summed E-state index contributed by atoms with van der Waals surface area (Å²) in [5.74, 6) is -0.348. The Balaban J connectivity index is 0. The number of hydrogen-bond acceptors (Lipinski definition) is 1. The fourth-order valence-corrected chi connectivity index (χ4v) is 1.93. The van der Waals surface area contributed by atoms with Gasteiger partial charge < -0.3 is 5.11 Å².